The zero-order valence-corrected chi connectivity index (χ0v) is 12.6. The molecule has 1 aromatic heterocycles. The number of thiophene rings is 1. The molecule has 1 amide bonds. The molecule has 1 fully saturated rings. The molecule has 0 radical (unpaired) electrons. The molecule has 2 heterocycles. The summed E-state index contributed by atoms with van der Waals surface area (Å²) in [5.41, 5.74) is 6.34. The normalized spacial score (nSPS) is 18.1. The maximum atomic E-state index is 12.2. The van der Waals surface area contributed by atoms with Gasteiger partial charge in [-0.1, -0.05) is 5.16 Å². The van der Waals surface area contributed by atoms with Crippen LogP contribution in [0.2, 0.25) is 0 Å². The lowest BCUT2D eigenvalue weighted by molar-refractivity contribution is 0.0709. The van der Waals surface area contributed by atoms with Crippen LogP contribution in [0.5, 0.6) is 0 Å². The van der Waals surface area contributed by atoms with E-state index in [0.29, 0.717) is 13.1 Å². The molecule has 0 saturated carbocycles. The van der Waals surface area contributed by atoms with Crippen LogP contribution >= 0.6 is 33.9 Å². The van der Waals surface area contributed by atoms with Gasteiger partial charge in [0.1, 0.15) is 5.84 Å². The summed E-state index contributed by atoms with van der Waals surface area (Å²) in [6.45, 7) is 1.32. The molecule has 0 aliphatic carbocycles. The lowest BCUT2D eigenvalue weighted by Crippen LogP contribution is -2.41. The summed E-state index contributed by atoms with van der Waals surface area (Å²) >= 11 is 3.78. The number of carbonyl (C=O) groups is 1. The Kier molecular flexibility index (Phi) is 4.44. The third-order valence-electron chi connectivity index (χ3n) is 3.13. The molecule has 1 aliphatic rings. The van der Waals surface area contributed by atoms with Gasteiger partial charge in [-0.15, -0.1) is 11.3 Å². The summed E-state index contributed by atoms with van der Waals surface area (Å²) in [5, 5.41) is 13.5. The van der Waals surface area contributed by atoms with Crippen LogP contribution in [0, 0.1) is 8.80 Å². The van der Waals surface area contributed by atoms with E-state index in [4.69, 9.17) is 10.9 Å². The molecule has 18 heavy (non-hydrogen) atoms. The van der Waals surface area contributed by atoms with E-state index in [1.54, 1.807) is 11.3 Å². The summed E-state index contributed by atoms with van der Waals surface area (Å²) in [6, 6.07) is 1.91. The molecule has 7 heteroatoms. The summed E-state index contributed by atoms with van der Waals surface area (Å²) < 4.78 is 1.11. The van der Waals surface area contributed by atoms with Crippen molar-refractivity contribution in [3.05, 3.63) is 19.9 Å². The summed E-state index contributed by atoms with van der Waals surface area (Å²) in [4.78, 5) is 14.0. The molecule has 0 unspecified atom stereocenters. The van der Waals surface area contributed by atoms with E-state index in [2.05, 4.69) is 27.7 Å². The number of carbonyl (C=O) groups excluding carboxylic acids is 1. The largest absolute Gasteiger partial charge is 0.409 e. The van der Waals surface area contributed by atoms with Gasteiger partial charge in [0.05, 0.1) is 8.45 Å². The number of nitrogens with zero attached hydrogens (tertiary/aromatic N) is 2. The van der Waals surface area contributed by atoms with E-state index in [-0.39, 0.29) is 17.7 Å². The van der Waals surface area contributed by atoms with Gasteiger partial charge in [0, 0.05) is 24.4 Å². The van der Waals surface area contributed by atoms with Gasteiger partial charge in [-0.05, 0) is 41.5 Å². The summed E-state index contributed by atoms with van der Waals surface area (Å²) in [7, 11) is 0. The number of oxime groups is 1. The first-order valence-electron chi connectivity index (χ1n) is 5.62. The van der Waals surface area contributed by atoms with Crippen LogP contribution in [-0.4, -0.2) is 34.9 Å². The zero-order valence-electron chi connectivity index (χ0n) is 9.67. The summed E-state index contributed by atoms with van der Waals surface area (Å²) in [5.74, 6) is 0.431. The Morgan fingerprint density at radius 3 is 2.72 bits per heavy atom. The molecule has 1 aliphatic heterocycles. The van der Waals surface area contributed by atoms with Gasteiger partial charge < -0.3 is 15.8 Å². The number of nitrogens with two attached hydrogens (primary N) is 1. The molecular formula is C11H14IN3O2S. The zero-order chi connectivity index (χ0) is 13.1. The first-order chi connectivity index (χ1) is 8.61. The minimum atomic E-state index is 0.0760. The second kappa shape index (κ2) is 5.87. The van der Waals surface area contributed by atoms with Crippen LogP contribution in [0.15, 0.2) is 16.6 Å². The minimum Gasteiger partial charge on any atom is -0.409 e. The van der Waals surface area contributed by atoms with Crippen LogP contribution in [0.1, 0.15) is 23.2 Å². The first-order valence-corrected chi connectivity index (χ1v) is 7.58. The number of hydrogen-bond acceptors (Lipinski definition) is 4. The highest BCUT2D eigenvalue weighted by molar-refractivity contribution is 14.1. The molecule has 1 aromatic rings. The monoisotopic (exact) mass is 379 g/mol. The van der Waals surface area contributed by atoms with Gasteiger partial charge >= 0.3 is 0 Å². The average Bonchev–Trinajstić information content (AvgIpc) is 2.84. The second-order valence-electron chi connectivity index (χ2n) is 4.23. The van der Waals surface area contributed by atoms with E-state index in [0.717, 1.165) is 21.3 Å². The Balaban J connectivity index is 1.96. The van der Waals surface area contributed by atoms with Crippen LogP contribution in [0.25, 0.3) is 0 Å². The van der Waals surface area contributed by atoms with E-state index in [1.807, 2.05) is 16.3 Å². The number of hydrogen-bond donors (Lipinski definition) is 2. The molecule has 0 bridgehead atoms. The van der Waals surface area contributed by atoms with Crippen molar-refractivity contribution < 1.29 is 10.0 Å². The highest BCUT2D eigenvalue weighted by Gasteiger charge is 2.26. The highest BCUT2D eigenvalue weighted by atomic mass is 127. The third-order valence-corrected chi connectivity index (χ3v) is 4.92. The Hall–Kier alpha value is -0.830. The van der Waals surface area contributed by atoms with Gasteiger partial charge in [0.15, 0.2) is 0 Å². The fraction of sp³-hybridized carbons (Fsp3) is 0.455. The van der Waals surface area contributed by atoms with Crippen molar-refractivity contribution in [3.63, 3.8) is 0 Å². The third kappa shape index (κ3) is 2.94. The smallest absolute Gasteiger partial charge is 0.254 e. The number of likely N-dealkylation sites (tertiary alicyclic amines) is 1. The van der Waals surface area contributed by atoms with Crippen LogP contribution in [-0.2, 0) is 0 Å². The van der Waals surface area contributed by atoms with Crippen LogP contribution in [0.3, 0.4) is 0 Å². The summed E-state index contributed by atoms with van der Waals surface area (Å²) in [6.07, 6.45) is 1.51. The van der Waals surface area contributed by atoms with Crippen molar-refractivity contribution in [2.75, 3.05) is 13.1 Å². The lowest BCUT2D eigenvalue weighted by atomic mass is 9.95. The molecule has 0 atom stereocenters. The topological polar surface area (TPSA) is 78.9 Å². The molecular weight excluding hydrogens is 365 g/mol. The number of rotatable bonds is 2. The minimum absolute atomic E-state index is 0.0760. The number of amidine groups is 1. The highest BCUT2D eigenvalue weighted by Crippen LogP contribution is 2.22. The fourth-order valence-corrected chi connectivity index (χ4v) is 3.39. The number of halogens is 1. The predicted molar refractivity (Wildman–Crippen MR) is 79.1 cm³/mol. The van der Waals surface area contributed by atoms with Crippen molar-refractivity contribution in [3.8, 4) is 0 Å². The van der Waals surface area contributed by atoms with E-state index >= 15 is 0 Å². The Morgan fingerprint density at radius 2 is 2.22 bits per heavy atom. The molecule has 5 nitrogen and oxygen atoms in total. The molecule has 2 rings (SSSR count). The Bertz CT molecular complexity index is 467. The van der Waals surface area contributed by atoms with E-state index in [1.165, 1.54) is 0 Å². The standard InChI is InChI=1S/C11H14IN3O2S/c12-9-5-8(6-18-9)11(16)15-3-1-7(2-4-15)10(13)14-17/h5-7,17H,1-4H2,(H2,13,14). The number of amides is 1. The Labute approximate surface area is 123 Å². The van der Waals surface area contributed by atoms with Crippen molar-refractivity contribution in [2.24, 2.45) is 16.8 Å². The molecule has 0 spiro atoms. The van der Waals surface area contributed by atoms with E-state index < -0.39 is 0 Å². The maximum Gasteiger partial charge on any atom is 0.254 e. The van der Waals surface area contributed by atoms with E-state index in [9.17, 15) is 4.79 Å². The first kappa shape index (κ1) is 13.6. The molecule has 0 aromatic carbocycles. The van der Waals surface area contributed by atoms with Gasteiger partial charge in [-0.2, -0.15) is 0 Å². The van der Waals surface area contributed by atoms with Gasteiger partial charge in [-0.25, -0.2) is 0 Å². The van der Waals surface area contributed by atoms with Crippen LogP contribution in [0.4, 0.5) is 0 Å². The average molecular weight is 379 g/mol. The van der Waals surface area contributed by atoms with Crippen molar-refractivity contribution in [2.45, 2.75) is 12.8 Å². The lowest BCUT2D eigenvalue weighted by Gasteiger charge is -2.31. The van der Waals surface area contributed by atoms with Crippen molar-refractivity contribution >= 4 is 45.7 Å². The maximum absolute atomic E-state index is 12.2. The van der Waals surface area contributed by atoms with Crippen LogP contribution < -0.4 is 5.73 Å². The predicted octanol–water partition coefficient (Wildman–Crippen LogP) is 1.95. The fourth-order valence-electron chi connectivity index (χ4n) is 2.06. The second-order valence-corrected chi connectivity index (χ2v) is 7.04. The molecule has 3 N–H and O–H groups in total. The number of piperidine rings is 1. The van der Waals surface area contributed by atoms with Gasteiger partial charge in [0.2, 0.25) is 0 Å². The SMILES string of the molecule is NC(=NO)C1CCN(C(=O)c2csc(I)c2)CC1. The molecule has 98 valence electrons. The molecule has 1 saturated heterocycles. The van der Waals surface area contributed by atoms with Crippen molar-refractivity contribution in [1.82, 2.24) is 4.90 Å². The van der Waals surface area contributed by atoms with Crippen molar-refractivity contribution in [1.29, 1.82) is 0 Å². The van der Waals surface area contributed by atoms with Gasteiger partial charge in [0.25, 0.3) is 5.91 Å². The van der Waals surface area contributed by atoms with Gasteiger partial charge in [-0.3, -0.25) is 4.79 Å². The Morgan fingerprint density at radius 1 is 1.56 bits per heavy atom. The quantitative estimate of drug-likeness (QED) is 0.271.